The number of nitrogens with zero attached hydrogens (tertiary/aromatic N) is 1. The van der Waals surface area contributed by atoms with Gasteiger partial charge in [-0.15, -0.1) is 12.4 Å². The molecule has 25 heavy (non-hydrogen) atoms. The summed E-state index contributed by atoms with van der Waals surface area (Å²) in [6.45, 7) is 2.29. The molecule has 0 radical (unpaired) electrons. The molecular formula is C21H30ClNO2. The van der Waals surface area contributed by atoms with E-state index in [0.717, 1.165) is 44.6 Å². The maximum atomic E-state index is 11.9. The summed E-state index contributed by atoms with van der Waals surface area (Å²) in [7, 11) is 0. The van der Waals surface area contributed by atoms with E-state index < -0.39 is 5.60 Å². The van der Waals surface area contributed by atoms with Crippen LogP contribution in [0.15, 0.2) is 18.2 Å². The predicted molar refractivity (Wildman–Crippen MR) is 101 cm³/mol. The zero-order valence-corrected chi connectivity index (χ0v) is 15.7. The van der Waals surface area contributed by atoms with E-state index in [1.807, 2.05) is 12.1 Å². The highest BCUT2D eigenvalue weighted by molar-refractivity contribution is 5.85. The molecular weight excluding hydrogens is 334 g/mol. The van der Waals surface area contributed by atoms with Gasteiger partial charge < -0.3 is 10.2 Å². The molecule has 2 saturated carbocycles. The molecule has 4 heteroatoms. The summed E-state index contributed by atoms with van der Waals surface area (Å²) in [6.07, 6.45) is 10.5. The molecule has 3 atom stereocenters. The van der Waals surface area contributed by atoms with Crippen LogP contribution in [0.2, 0.25) is 0 Å². The molecule has 3 fully saturated rings. The fourth-order valence-corrected chi connectivity index (χ4v) is 6.32. The zero-order valence-electron chi connectivity index (χ0n) is 14.9. The molecule has 2 N–H and O–H groups in total. The highest BCUT2D eigenvalue weighted by Gasteiger charge is 2.63. The summed E-state index contributed by atoms with van der Waals surface area (Å²) in [5, 5.41) is 22.0. The first-order chi connectivity index (χ1) is 11.6. The maximum absolute atomic E-state index is 11.9. The van der Waals surface area contributed by atoms with Crippen LogP contribution >= 0.6 is 12.4 Å². The molecule has 1 saturated heterocycles. The van der Waals surface area contributed by atoms with Crippen molar-refractivity contribution in [1.82, 2.24) is 4.90 Å². The summed E-state index contributed by atoms with van der Waals surface area (Å²) in [6, 6.07) is 6.17. The molecule has 5 rings (SSSR count). The van der Waals surface area contributed by atoms with E-state index in [2.05, 4.69) is 11.0 Å². The van der Waals surface area contributed by atoms with Crippen molar-refractivity contribution in [3.8, 4) is 5.75 Å². The average Bonchev–Trinajstić information content (AvgIpc) is 2.53. The zero-order chi connectivity index (χ0) is 16.4. The normalized spacial score (nSPS) is 37.4. The Morgan fingerprint density at radius 3 is 2.64 bits per heavy atom. The number of likely N-dealkylation sites (tertiary alicyclic amines) is 1. The van der Waals surface area contributed by atoms with Crippen LogP contribution in [0.25, 0.3) is 0 Å². The third-order valence-electron chi connectivity index (χ3n) is 7.80. The number of halogens is 1. The Morgan fingerprint density at radius 2 is 1.88 bits per heavy atom. The quantitative estimate of drug-likeness (QED) is 0.840. The van der Waals surface area contributed by atoms with Crippen LogP contribution in [0, 0.1) is 5.92 Å². The Labute approximate surface area is 156 Å². The van der Waals surface area contributed by atoms with Crippen LogP contribution in [-0.4, -0.2) is 39.8 Å². The standard InChI is InChI=1S/C21H29NO2.ClH/c23-17-7-6-16-12-19-21(24)9-2-1-8-20(21,18(16)13-17)10-11-22(19)14-15-4-3-5-15;/h6-7,13,15,19,23-24H,1-5,8-12,14H2;1H/t19?,20-,21+;/m0./s1. The second kappa shape index (κ2) is 6.14. The fraction of sp³-hybridized carbons (Fsp3) is 0.714. The van der Waals surface area contributed by atoms with E-state index in [4.69, 9.17) is 0 Å². The van der Waals surface area contributed by atoms with Crippen LogP contribution in [0.3, 0.4) is 0 Å². The smallest absolute Gasteiger partial charge is 0.115 e. The van der Waals surface area contributed by atoms with E-state index in [1.165, 1.54) is 43.4 Å². The van der Waals surface area contributed by atoms with Gasteiger partial charge >= 0.3 is 0 Å². The molecule has 1 heterocycles. The van der Waals surface area contributed by atoms with Crippen molar-refractivity contribution in [1.29, 1.82) is 0 Å². The van der Waals surface area contributed by atoms with Crippen LogP contribution in [0.1, 0.15) is 62.5 Å². The first-order valence-corrected chi connectivity index (χ1v) is 9.91. The maximum Gasteiger partial charge on any atom is 0.115 e. The number of fused-ring (bicyclic) bond motifs is 1. The molecule has 1 aromatic rings. The number of hydrogen-bond donors (Lipinski definition) is 2. The Balaban J connectivity index is 0.00000157. The summed E-state index contributed by atoms with van der Waals surface area (Å²) >= 11 is 0. The average molecular weight is 364 g/mol. The minimum atomic E-state index is -0.603. The number of rotatable bonds is 2. The van der Waals surface area contributed by atoms with E-state index >= 15 is 0 Å². The Kier molecular flexibility index (Phi) is 4.33. The predicted octanol–water partition coefficient (Wildman–Crippen LogP) is 3.79. The monoisotopic (exact) mass is 363 g/mol. The Morgan fingerprint density at radius 1 is 1.08 bits per heavy atom. The van der Waals surface area contributed by atoms with E-state index in [-0.39, 0.29) is 23.9 Å². The number of hydrogen-bond acceptors (Lipinski definition) is 3. The fourth-order valence-electron chi connectivity index (χ4n) is 6.32. The summed E-state index contributed by atoms with van der Waals surface area (Å²) in [5.74, 6) is 1.21. The van der Waals surface area contributed by atoms with Crippen molar-refractivity contribution in [2.24, 2.45) is 5.92 Å². The van der Waals surface area contributed by atoms with Gasteiger partial charge in [-0.3, -0.25) is 4.90 Å². The lowest BCUT2D eigenvalue weighted by Crippen LogP contribution is -2.72. The Hall–Kier alpha value is -0.770. The van der Waals surface area contributed by atoms with Crippen LogP contribution < -0.4 is 0 Å². The first kappa shape index (κ1) is 17.6. The van der Waals surface area contributed by atoms with Crippen molar-refractivity contribution < 1.29 is 10.2 Å². The van der Waals surface area contributed by atoms with Gasteiger partial charge in [0.05, 0.1) is 5.60 Å². The van der Waals surface area contributed by atoms with Gasteiger partial charge in [-0.25, -0.2) is 0 Å². The van der Waals surface area contributed by atoms with Crippen LogP contribution in [0.5, 0.6) is 5.75 Å². The second-order valence-corrected chi connectivity index (χ2v) is 8.82. The highest BCUT2D eigenvalue weighted by Crippen LogP contribution is 2.58. The van der Waals surface area contributed by atoms with Gasteiger partial charge in [-0.2, -0.15) is 0 Å². The van der Waals surface area contributed by atoms with Crippen molar-refractivity contribution >= 4 is 12.4 Å². The molecule has 3 aliphatic carbocycles. The first-order valence-electron chi connectivity index (χ1n) is 9.91. The molecule has 3 nitrogen and oxygen atoms in total. The van der Waals surface area contributed by atoms with Gasteiger partial charge in [-0.05, 0) is 74.2 Å². The number of aliphatic hydroxyl groups is 1. The van der Waals surface area contributed by atoms with Crippen molar-refractivity contribution in [2.45, 2.75) is 74.8 Å². The van der Waals surface area contributed by atoms with Crippen LogP contribution in [0.4, 0.5) is 0 Å². The SMILES string of the molecule is Cl.Oc1ccc2c(c1)[C@@]13CCCC[C@@]1(O)C(C2)N(CC1CCC1)CC3. The lowest BCUT2D eigenvalue weighted by molar-refractivity contribution is -0.169. The topological polar surface area (TPSA) is 43.7 Å². The van der Waals surface area contributed by atoms with Gasteiger partial charge in [0.25, 0.3) is 0 Å². The van der Waals surface area contributed by atoms with Crippen molar-refractivity contribution in [3.63, 3.8) is 0 Å². The summed E-state index contributed by atoms with van der Waals surface area (Å²) in [4.78, 5) is 2.63. The molecule has 138 valence electrons. The molecule has 1 aromatic carbocycles. The Bertz CT molecular complexity index is 661. The van der Waals surface area contributed by atoms with E-state index in [9.17, 15) is 10.2 Å². The molecule has 0 amide bonds. The number of phenolic OH excluding ortho intramolecular Hbond substituents is 1. The van der Waals surface area contributed by atoms with Crippen molar-refractivity contribution in [2.75, 3.05) is 13.1 Å². The summed E-state index contributed by atoms with van der Waals surface area (Å²) in [5.41, 5.74) is 1.89. The molecule has 1 aliphatic heterocycles. The molecule has 2 bridgehead atoms. The van der Waals surface area contributed by atoms with Gasteiger partial charge in [0, 0.05) is 18.0 Å². The number of benzene rings is 1. The molecule has 1 unspecified atom stereocenters. The number of phenols is 1. The van der Waals surface area contributed by atoms with Gasteiger partial charge in [0.2, 0.25) is 0 Å². The highest BCUT2D eigenvalue weighted by atomic mass is 35.5. The number of piperidine rings is 1. The molecule has 4 aliphatic rings. The van der Waals surface area contributed by atoms with Crippen LogP contribution in [-0.2, 0) is 11.8 Å². The van der Waals surface area contributed by atoms with Gasteiger partial charge in [0.15, 0.2) is 0 Å². The lowest BCUT2D eigenvalue weighted by atomic mass is 9.49. The minimum Gasteiger partial charge on any atom is -0.508 e. The van der Waals surface area contributed by atoms with Crippen molar-refractivity contribution in [3.05, 3.63) is 29.3 Å². The van der Waals surface area contributed by atoms with E-state index in [0.29, 0.717) is 5.75 Å². The van der Waals surface area contributed by atoms with Gasteiger partial charge in [0.1, 0.15) is 5.75 Å². The largest absolute Gasteiger partial charge is 0.508 e. The van der Waals surface area contributed by atoms with Gasteiger partial charge in [-0.1, -0.05) is 25.3 Å². The van der Waals surface area contributed by atoms with E-state index in [1.54, 1.807) is 0 Å². The summed E-state index contributed by atoms with van der Waals surface area (Å²) < 4.78 is 0. The third kappa shape index (κ3) is 2.39. The third-order valence-corrected chi connectivity index (χ3v) is 7.80. The minimum absolute atomic E-state index is 0. The molecule has 0 spiro atoms. The lowest BCUT2D eigenvalue weighted by Gasteiger charge is -2.64. The number of aromatic hydroxyl groups is 1. The molecule has 0 aromatic heterocycles. The second-order valence-electron chi connectivity index (χ2n) is 8.82.